The van der Waals surface area contributed by atoms with Gasteiger partial charge in [0.25, 0.3) is 5.56 Å². The Labute approximate surface area is 139 Å². The summed E-state index contributed by atoms with van der Waals surface area (Å²) in [4.78, 5) is 39.8. The second-order valence-electron chi connectivity index (χ2n) is 6.03. The van der Waals surface area contributed by atoms with E-state index in [4.69, 9.17) is 0 Å². The number of hydrogen-bond acceptors (Lipinski definition) is 5. The van der Waals surface area contributed by atoms with Gasteiger partial charge in [-0.1, -0.05) is 26.0 Å². The lowest BCUT2D eigenvalue weighted by atomic mass is 10.0. The van der Waals surface area contributed by atoms with Gasteiger partial charge in [-0.3, -0.25) is 14.2 Å². The molecule has 7 heteroatoms. The van der Waals surface area contributed by atoms with Crippen molar-refractivity contribution in [2.24, 2.45) is 5.92 Å². The van der Waals surface area contributed by atoms with Gasteiger partial charge in [-0.15, -0.1) is 0 Å². The first-order chi connectivity index (χ1) is 11.4. The normalized spacial score (nSPS) is 12.3. The van der Waals surface area contributed by atoms with Crippen LogP contribution in [-0.2, 0) is 9.59 Å². The molecule has 1 amide bonds. The highest BCUT2D eigenvalue weighted by molar-refractivity contribution is 5.82. The van der Waals surface area contributed by atoms with Crippen LogP contribution in [0.3, 0.4) is 0 Å². The number of hydrogen-bond donors (Lipinski definition) is 1. The van der Waals surface area contributed by atoms with Gasteiger partial charge < -0.3 is 15.2 Å². The summed E-state index contributed by atoms with van der Waals surface area (Å²) in [6, 6.07) is 6.20. The lowest BCUT2D eigenvalue weighted by molar-refractivity contribution is -0.305. The summed E-state index contributed by atoms with van der Waals surface area (Å²) in [5.41, 5.74) is 0.278. The molecule has 1 heterocycles. The van der Waals surface area contributed by atoms with Crippen molar-refractivity contribution < 1.29 is 14.7 Å². The van der Waals surface area contributed by atoms with Crippen LogP contribution in [0.2, 0.25) is 0 Å². The van der Waals surface area contributed by atoms with Crippen molar-refractivity contribution in [2.45, 2.75) is 32.7 Å². The molecule has 0 aliphatic rings. The highest BCUT2D eigenvalue weighted by atomic mass is 16.4. The molecule has 0 saturated heterocycles. The number of carbonyl (C=O) groups is 2. The van der Waals surface area contributed by atoms with E-state index < -0.39 is 17.9 Å². The first-order valence-electron chi connectivity index (χ1n) is 7.83. The van der Waals surface area contributed by atoms with Crippen LogP contribution in [0.5, 0.6) is 0 Å². The highest BCUT2D eigenvalue weighted by Crippen LogP contribution is 2.17. The number of nitrogens with one attached hydrogen (secondary N) is 1. The minimum absolute atomic E-state index is 0.0362. The Kier molecular flexibility index (Phi) is 5.68. The van der Waals surface area contributed by atoms with E-state index >= 15 is 0 Å². The number of nitrogens with zero attached hydrogens (tertiary/aromatic N) is 2. The van der Waals surface area contributed by atoms with Gasteiger partial charge in [0.1, 0.15) is 6.04 Å². The summed E-state index contributed by atoms with van der Waals surface area (Å²) in [5, 5.41) is 13.5. The minimum atomic E-state index is -1.24. The molecule has 1 aromatic carbocycles. The molecule has 0 aliphatic carbocycles. The second-order valence-corrected chi connectivity index (χ2v) is 6.03. The first kappa shape index (κ1) is 17.7. The molecule has 0 spiro atoms. The lowest BCUT2D eigenvalue weighted by Gasteiger charge is -2.21. The first-order valence-corrected chi connectivity index (χ1v) is 7.83. The molecule has 0 unspecified atom stereocenters. The van der Waals surface area contributed by atoms with Crippen LogP contribution in [0.4, 0.5) is 0 Å². The fraction of sp³-hybridized carbons (Fsp3) is 0.412. The molecule has 24 heavy (non-hydrogen) atoms. The van der Waals surface area contributed by atoms with E-state index in [9.17, 15) is 19.5 Å². The molecule has 2 aromatic rings. The fourth-order valence-corrected chi connectivity index (χ4v) is 2.50. The third-order valence-corrected chi connectivity index (χ3v) is 3.65. The Bertz CT molecular complexity index is 798. The molecule has 1 N–H and O–H groups in total. The van der Waals surface area contributed by atoms with Crippen molar-refractivity contribution in [3.05, 3.63) is 40.9 Å². The number of aromatic nitrogens is 2. The zero-order valence-corrected chi connectivity index (χ0v) is 13.7. The maximum absolute atomic E-state index is 12.7. The number of carbonyl (C=O) groups excluding carboxylic acids is 2. The zero-order chi connectivity index (χ0) is 17.7. The third kappa shape index (κ3) is 4.18. The molecule has 0 radical (unpaired) electrons. The molecule has 0 fully saturated rings. The monoisotopic (exact) mass is 330 g/mol. The van der Waals surface area contributed by atoms with Crippen molar-refractivity contribution in [3.63, 3.8) is 0 Å². The predicted octanol–water partition coefficient (Wildman–Crippen LogP) is 0.240. The van der Waals surface area contributed by atoms with E-state index in [1.165, 1.54) is 10.9 Å². The van der Waals surface area contributed by atoms with Gasteiger partial charge in [-0.2, -0.15) is 0 Å². The number of benzene rings is 1. The number of amides is 1. The summed E-state index contributed by atoms with van der Waals surface area (Å²) >= 11 is 0. The number of carboxylic acids is 1. The van der Waals surface area contributed by atoms with E-state index in [2.05, 4.69) is 10.3 Å². The minimum Gasteiger partial charge on any atom is -0.550 e. The lowest BCUT2D eigenvalue weighted by Crippen LogP contribution is -2.39. The Morgan fingerprint density at radius 3 is 2.67 bits per heavy atom. The molecule has 0 aliphatic heterocycles. The Morgan fingerprint density at radius 2 is 2.00 bits per heavy atom. The smallest absolute Gasteiger partial charge is 0.261 e. The maximum Gasteiger partial charge on any atom is 0.261 e. The molecule has 1 atom stereocenters. The highest BCUT2D eigenvalue weighted by Gasteiger charge is 2.23. The van der Waals surface area contributed by atoms with E-state index in [0.29, 0.717) is 17.3 Å². The van der Waals surface area contributed by atoms with Gasteiger partial charge in [0, 0.05) is 18.9 Å². The fourth-order valence-electron chi connectivity index (χ4n) is 2.50. The third-order valence-electron chi connectivity index (χ3n) is 3.65. The number of rotatable bonds is 7. The van der Waals surface area contributed by atoms with Crippen LogP contribution in [0, 0.1) is 5.92 Å². The Balaban J connectivity index is 2.34. The van der Waals surface area contributed by atoms with Crippen LogP contribution >= 0.6 is 0 Å². The molecular weight excluding hydrogens is 310 g/mol. The Morgan fingerprint density at radius 1 is 1.29 bits per heavy atom. The van der Waals surface area contributed by atoms with E-state index in [1.807, 2.05) is 13.8 Å². The molecular formula is C17H20N3O4-. The van der Waals surface area contributed by atoms with Gasteiger partial charge >= 0.3 is 0 Å². The number of aliphatic carboxylic acids is 1. The van der Waals surface area contributed by atoms with E-state index in [1.54, 1.807) is 24.3 Å². The van der Waals surface area contributed by atoms with Gasteiger partial charge in [0.15, 0.2) is 0 Å². The SMILES string of the molecule is CC(C)C[C@H](C(=O)NCCC(=O)[O-])n1cnc2ccccc2c1=O. The molecule has 7 nitrogen and oxygen atoms in total. The van der Waals surface area contributed by atoms with Crippen molar-refractivity contribution in [2.75, 3.05) is 6.54 Å². The topological polar surface area (TPSA) is 104 Å². The summed E-state index contributed by atoms with van der Waals surface area (Å²) in [7, 11) is 0. The average Bonchev–Trinajstić information content (AvgIpc) is 2.53. The van der Waals surface area contributed by atoms with Crippen LogP contribution in [0.15, 0.2) is 35.4 Å². The Hall–Kier alpha value is -2.70. The van der Waals surface area contributed by atoms with Crippen LogP contribution in [-0.4, -0.2) is 28.0 Å². The molecule has 2 rings (SSSR count). The summed E-state index contributed by atoms with van der Waals surface area (Å²) in [6.07, 6.45) is 1.54. The number of fused-ring (bicyclic) bond motifs is 1. The van der Waals surface area contributed by atoms with Crippen molar-refractivity contribution >= 4 is 22.8 Å². The predicted molar refractivity (Wildman–Crippen MR) is 87.1 cm³/mol. The second kappa shape index (κ2) is 7.72. The van der Waals surface area contributed by atoms with Crippen LogP contribution < -0.4 is 16.0 Å². The number of carboxylic acid groups (broad SMARTS) is 1. The van der Waals surface area contributed by atoms with Gasteiger partial charge in [0.05, 0.1) is 17.2 Å². The van der Waals surface area contributed by atoms with Crippen molar-refractivity contribution in [1.29, 1.82) is 0 Å². The van der Waals surface area contributed by atoms with Crippen molar-refractivity contribution in [3.8, 4) is 0 Å². The van der Waals surface area contributed by atoms with Crippen molar-refractivity contribution in [1.82, 2.24) is 14.9 Å². The van der Waals surface area contributed by atoms with Crippen LogP contribution in [0.1, 0.15) is 32.7 Å². The standard InChI is InChI=1S/C17H21N3O4/c1-11(2)9-14(16(23)18-8-7-15(21)22)20-10-19-13-6-4-3-5-12(13)17(20)24/h3-6,10-11,14H,7-9H2,1-2H3,(H,18,23)(H,21,22)/p-1/t14-/m1/s1. The van der Waals surface area contributed by atoms with Crippen LogP contribution in [0.25, 0.3) is 10.9 Å². The summed E-state index contributed by atoms with van der Waals surface area (Å²) in [5.74, 6) is -1.47. The van der Waals surface area contributed by atoms with E-state index in [0.717, 1.165) is 0 Å². The summed E-state index contributed by atoms with van der Waals surface area (Å²) in [6.45, 7) is 3.85. The maximum atomic E-state index is 12.7. The average molecular weight is 330 g/mol. The molecule has 0 saturated carbocycles. The van der Waals surface area contributed by atoms with Gasteiger partial charge in [-0.25, -0.2) is 4.98 Å². The summed E-state index contributed by atoms with van der Waals surface area (Å²) < 4.78 is 1.32. The van der Waals surface area contributed by atoms with Gasteiger partial charge in [-0.05, 0) is 24.5 Å². The quantitative estimate of drug-likeness (QED) is 0.783. The van der Waals surface area contributed by atoms with E-state index in [-0.39, 0.29) is 24.4 Å². The molecule has 128 valence electrons. The zero-order valence-electron chi connectivity index (χ0n) is 13.7. The molecule has 1 aromatic heterocycles. The number of para-hydroxylation sites is 1. The largest absolute Gasteiger partial charge is 0.550 e. The van der Waals surface area contributed by atoms with Gasteiger partial charge in [0.2, 0.25) is 5.91 Å². The molecule has 0 bridgehead atoms.